The maximum atomic E-state index is 12.1. The van der Waals surface area contributed by atoms with E-state index in [2.05, 4.69) is 10.4 Å². The maximum absolute atomic E-state index is 12.1. The van der Waals surface area contributed by atoms with E-state index < -0.39 is 0 Å². The van der Waals surface area contributed by atoms with E-state index in [1.54, 1.807) is 24.4 Å². The van der Waals surface area contributed by atoms with Crippen molar-refractivity contribution in [2.75, 3.05) is 0 Å². The number of nitrogens with one attached hydrogen (secondary N) is 1. The number of hydrogen-bond acceptors (Lipinski definition) is 4. The Morgan fingerprint density at radius 3 is 2.86 bits per heavy atom. The van der Waals surface area contributed by atoms with Crippen LogP contribution in [0.4, 0.5) is 0 Å². The Morgan fingerprint density at radius 2 is 2.18 bits per heavy atom. The van der Waals surface area contributed by atoms with Crippen molar-refractivity contribution in [1.82, 2.24) is 19.5 Å². The van der Waals surface area contributed by atoms with E-state index >= 15 is 0 Å². The van der Waals surface area contributed by atoms with Crippen LogP contribution in [0.1, 0.15) is 24.5 Å². The fourth-order valence-electron chi connectivity index (χ4n) is 2.25. The number of amides is 1. The lowest BCUT2D eigenvalue weighted by molar-refractivity contribution is -0.122. The minimum atomic E-state index is -0.341. The molecule has 0 aliphatic heterocycles. The summed E-state index contributed by atoms with van der Waals surface area (Å²) in [5.41, 5.74) is 0.169. The van der Waals surface area contributed by atoms with E-state index in [4.69, 9.17) is 4.42 Å². The molecule has 0 saturated carbocycles. The number of carbonyl (C=O) groups excluding carboxylic acids is 1. The van der Waals surface area contributed by atoms with Gasteiger partial charge in [-0.25, -0.2) is 9.48 Å². The highest BCUT2D eigenvalue weighted by Crippen LogP contribution is 2.15. The van der Waals surface area contributed by atoms with Crippen LogP contribution in [0.5, 0.6) is 0 Å². The van der Waals surface area contributed by atoms with Crippen LogP contribution in [0.15, 0.2) is 45.7 Å². The summed E-state index contributed by atoms with van der Waals surface area (Å²) in [7, 11) is 0. The van der Waals surface area contributed by atoms with Gasteiger partial charge in [-0.1, -0.05) is 6.07 Å². The predicted molar refractivity (Wildman–Crippen MR) is 79.5 cm³/mol. The van der Waals surface area contributed by atoms with Gasteiger partial charge in [0.1, 0.15) is 18.1 Å². The first kappa shape index (κ1) is 14.1. The zero-order chi connectivity index (χ0) is 15.7. The molecule has 0 radical (unpaired) electrons. The molecule has 0 aromatic carbocycles. The Balaban J connectivity index is 1.73. The van der Waals surface area contributed by atoms with Gasteiger partial charge in [0.15, 0.2) is 5.65 Å². The summed E-state index contributed by atoms with van der Waals surface area (Å²) in [5, 5.41) is 6.91. The second-order valence-corrected chi connectivity index (χ2v) is 5.11. The second kappa shape index (κ2) is 5.51. The van der Waals surface area contributed by atoms with Gasteiger partial charge in [0.05, 0.1) is 6.04 Å². The number of aromatic nitrogens is 3. The fraction of sp³-hybridized carbons (Fsp3) is 0.267. The summed E-state index contributed by atoms with van der Waals surface area (Å²) in [6, 6.07) is 8.62. The van der Waals surface area contributed by atoms with E-state index in [1.807, 2.05) is 26.0 Å². The summed E-state index contributed by atoms with van der Waals surface area (Å²) in [5.74, 6) is 1.16. The van der Waals surface area contributed by atoms with Gasteiger partial charge in [0.25, 0.3) is 0 Å². The zero-order valence-corrected chi connectivity index (χ0v) is 12.3. The SMILES string of the molecule is Cc1ccc([C@@H](C)NC(=O)Cn2nc3ccccn3c2=O)o1. The zero-order valence-electron chi connectivity index (χ0n) is 12.3. The molecule has 0 spiro atoms. The van der Waals surface area contributed by atoms with Gasteiger partial charge < -0.3 is 9.73 Å². The van der Waals surface area contributed by atoms with E-state index in [0.717, 1.165) is 10.4 Å². The molecule has 22 heavy (non-hydrogen) atoms. The summed E-state index contributed by atoms with van der Waals surface area (Å²) < 4.78 is 8.00. The summed E-state index contributed by atoms with van der Waals surface area (Å²) in [4.78, 5) is 24.2. The molecule has 3 aromatic rings. The first-order chi connectivity index (χ1) is 10.5. The van der Waals surface area contributed by atoms with E-state index in [0.29, 0.717) is 11.4 Å². The standard InChI is InChI=1S/C15H16N4O3/c1-10-6-7-12(22-10)11(2)16-14(20)9-19-15(21)18-8-4-3-5-13(18)17-19/h3-8,11H,9H2,1-2H3,(H,16,20)/t11-/m1/s1. The minimum absolute atomic E-state index is 0.134. The third kappa shape index (κ3) is 2.65. The molecule has 3 heterocycles. The van der Waals surface area contributed by atoms with Crippen LogP contribution in [-0.4, -0.2) is 20.1 Å². The molecular weight excluding hydrogens is 284 g/mol. The number of rotatable bonds is 4. The highest BCUT2D eigenvalue weighted by Gasteiger charge is 2.15. The molecule has 0 saturated heterocycles. The lowest BCUT2D eigenvalue weighted by Crippen LogP contribution is -2.34. The quantitative estimate of drug-likeness (QED) is 0.787. The van der Waals surface area contributed by atoms with Gasteiger partial charge >= 0.3 is 5.69 Å². The van der Waals surface area contributed by atoms with E-state index in [-0.39, 0.29) is 24.2 Å². The Hall–Kier alpha value is -2.83. The smallest absolute Gasteiger partial charge is 0.350 e. The summed E-state index contributed by atoms with van der Waals surface area (Å²) in [6.07, 6.45) is 1.62. The number of hydrogen-bond donors (Lipinski definition) is 1. The van der Waals surface area contributed by atoms with Gasteiger partial charge in [0.2, 0.25) is 5.91 Å². The van der Waals surface area contributed by atoms with Crippen molar-refractivity contribution in [2.45, 2.75) is 26.4 Å². The van der Waals surface area contributed by atoms with Crippen molar-refractivity contribution in [1.29, 1.82) is 0 Å². The molecule has 114 valence electrons. The van der Waals surface area contributed by atoms with Crippen LogP contribution in [0.3, 0.4) is 0 Å². The number of furan rings is 1. The van der Waals surface area contributed by atoms with E-state index in [1.165, 1.54) is 4.40 Å². The molecule has 0 bridgehead atoms. The van der Waals surface area contributed by atoms with Crippen LogP contribution < -0.4 is 11.0 Å². The van der Waals surface area contributed by atoms with Crippen LogP contribution >= 0.6 is 0 Å². The lowest BCUT2D eigenvalue weighted by atomic mass is 10.2. The van der Waals surface area contributed by atoms with E-state index in [9.17, 15) is 9.59 Å². The minimum Gasteiger partial charge on any atom is -0.464 e. The van der Waals surface area contributed by atoms with Crippen molar-refractivity contribution in [3.63, 3.8) is 0 Å². The van der Waals surface area contributed by atoms with Crippen LogP contribution in [0, 0.1) is 6.92 Å². The molecule has 1 N–H and O–H groups in total. The fourth-order valence-corrected chi connectivity index (χ4v) is 2.25. The molecule has 0 unspecified atom stereocenters. The molecule has 1 amide bonds. The number of aryl methyl sites for hydroxylation is 1. The van der Waals surface area contributed by atoms with Gasteiger partial charge in [-0.2, -0.15) is 0 Å². The first-order valence-corrected chi connectivity index (χ1v) is 6.94. The number of carbonyl (C=O) groups is 1. The molecular formula is C15H16N4O3. The average molecular weight is 300 g/mol. The van der Waals surface area contributed by atoms with Gasteiger partial charge in [0, 0.05) is 6.20 Å². The van der Waals surface area contributed by atoms with Crippen molar-refractivity contribution in [3.05, 3.63) is 58.5 Å². The topological polar surface area (TPSA) is 81.5 Å². The molecule has 1 atom stereocenters. The van der Waals surface area contributed by atoms with Crippen LogP contribution in [-0.2, 0) is 11.3 Å². The lowest BCUT2D eigenvalue weighted by Gasteiger charge is -2.11. The Bertz CT molecular complexity index is 874. The van der Waals surface area contributed by atoms with Crippen LogP contribution in [0.2, 0.25) is 0 Å². The van der Waals surface area contributed by atoms with Gasteiger partial charge in [-0.15, -0.1) is 5.10 Å². The van der Waals surface area contributed by atoms with Crippen molar-refractivity contribution in [3.8, 4) is 0 Å². The highest BCUT2D eigenvalue weighted by molar-refractivity contribution is 5.76. The Labute approximate surface area is 126 Å². The molecule has 3 rings (SSSR count). The summed E-state index contributed by atoms with van der Waals surface area (Å²) in [6.45, 7) is 3.53. The van der Waals surface area contributed by atoms with Crippen LogP contribution in [0.25, 0.3) is 5.65 Å². The largest absolute Gasteiger partial charge is 0.464 e. The third-order valence-corrected chi connectivity index (χ3v) is 3.35. The molecule has 7 nitrogen and oxygen atoms in total. The normalized spacial score (nSPS) is 12.5. The predicted octanol–water partition coefficient (Wildman–Crippen LogP) is 1.27. The molecule has 0 aliphatic carbocycles. The highest BCUT2D eigenvalue weighted by atomic mass is 16.3. The third-order valence-electron chi connectivity index (χ3n) is 3.35. The number of pyridine rings is 1. The number of nitrogens with zero attached hydrogens (tertiary/aromatic N) is 3. The maximum Gasteiger partial charge on any atom is 0.350 e. The average Bonchev–Trinajstić information content (AvgIpc) is 3.04. The second-order valence-electron chi connectivity index (χ2n) is 5.11. The Morgan fingerprint density at radius 1 is 1.36 bits per heavy atom. The molecule has 0 aliphatic rings. The van der Waals surface area contributed by atoms with Gasteiger partial charge in [-0.3, -0.25) is 9.20 Å². The molecule has 7 heteroatoms. The van der Waals surface area contributed by atoms with Gasteiger partial charge in [-0.05, 0) is 38.1 Å². The summed E-state index contributed by atoms with van der Waals surface area (Å²) >= 11 is 0. The molecule has 0 fully saturated rings. The van der Waals surface area contributed by atoms with Crippen molar-refractivity contribution >= 4 is 11.6 Å². The Kier molecular flexibility index (Phi) is 3.54. The monoisotopic (exact) mass is 300 g/mol. The van der Waals surface area contributed by atoms with Crippen molar-refractivity contribution < 1.29 is 9.21 Å². The van der Waals surface area contributed by atoms with Crippen molar-refractivity contribution in [2.24, 2.45) is 0 Å². The first-order valence-electron chi connectivity index (χ1n) is 6.94. The number of fused-ring (bicyclic) bond motifs is 1. The molecule has 3 aromatic heterocycles.